The van der Waals surface area contributed by atoms with Crippen LogP contribution in [0.15, 0.2) is 24.4 Å². The van der Waals surface area contributed by atoms with Crippen molar-refractivity contribution in [1.82, 2.24) is 10.6 Å². The van der Waals surface area contributed by atoms with E-state index in [1.807, 2.05) is 38.2 Å². The van der Waals surface area contributed by atoms with Gasteiger partial charge in [-0.05, 0) is 18.8 Å². The number of pyridine rings is 1. The van der Waals surface area contributed by atoms with Gasteiger partial charge in [0.05, 0.1) is 7.11 Å². The number of unbranched alkanes of at least 4 members (excludes halogenated alkanes) is 4. The zero-order chi connectivity index (χ0) is 24.7. The number of amides is 2. The van der Waals surface area contributed by atoms with E-state index in [1.165, 1.54) is 7.11 Å². The summed E-state index contributed by atoms with van der Waals surface area (Å²) < 4.78 is 23.3. The molecule has 2 N–H and O–H groups in total. The van der Waals surface area contributed by atoms with Gasteiger partial charge in [-0.2, -0.15) is 0 Å². The number of nitrogens with one attached hydrogen (secondary N) is 2. The molecule has 1 atom stereocenters. The molecule has 0 aromatic carbocycles. The van der Waals surface area contributed by atoms with E-state index in [4.69, 9.17) is 18.0 Å². The number of aromatic nitrogens is 1. The van der Waals surface area contributed by atoms with Gasteiger partial charge in [0.1, 0.15) is 19.1 Å². The molecule has 2 amide bonds. The first kappa shape index (κ1) is 29.0. The summed E-state index contributed by atoms with van der Waals surface area (Å²) in [6, 6.07) is 5.69. The van der Waals surface area contributed by atoms with Crippen molar-refractivity contribution in [2.45, 2.75) is 71.1 Å². The number of urea groups is 1. The number of ether oxygens (including phenoxy) is 1. The summed E-state index contributed by atoms with van der Waals surface area (Å²) >= 11 is 0. The van der Waals surface area contributed by atoms with Crippen LogP contribution in [0.3, 0.4) is 0 Å². The molecule has 1 aromatic rings. The van der Waals surface area contributed by atoms with Crippen molar-refractivity contribution >= 4 is 20.8 Å². The van der Waals surface area contributed by atoms with Crippen molar-refractivity contribution in [3.8, 4) is 0 Å². The molecule has 33 heavy (non-hydrogen) atoms. The number of hydrogen-bond donors (Lipinski definition) is 2. The minimum Gasteiger partial charge on any atom is -0.467 e. The number of hydrogen-bond acceptors (Lipinski definition) is 6. The molecular weight excluding hydrogens is 442 g/mol. The highest BCUT2D eigenvalue weighted by molar-refractivity contribution is 6.60. The van der Waals surface area contributed by atoms with E-state index in [9.17, 15) is 9.59 Å². The molecule has 1 aromatic heterocycles. The Morgan fingerprint density at radius 1 is 0.970 bits per heavy atom. The van der Waals surface area contributed by atoms with E-state index in [-0.39, 0.29) is 5.92 Å². The van der Waals surface area contributed by atoms with Gasteiger partial charge >= 0.3 is 20.8 Å². The normalized spacial score (nSPS) is 12.5. The standard InChI is InChI=1S/C23H41N3O6Si/c1-19(2)21(22(27)29-3)25-23(28)24-18-20-14-10-12-16-26(20)15-11-8-7-9-13-17-33(30-4,31-5)32-6/h10,12,14,16,19,21H,7-9,11,13,15,17-18H2,1-6H3,(H-,24,25,28)/p+1/t21-/m0/s1. The molecular formula is C23H42N3O6Si+. The lowest BCUT2D eigenvalue weighted by molar-refractivity contribution is -0.704. The quantitative estimate of drug-likeness (QED) is 0.162. The molecule has 0 saturated heterocycles. The topological polar surface area (TPSA) is 99.0 Å². The molecule has 0 bridgehead atoms. The Morgan fingerprint density at radius 2 is 1.61 bits per heavy atom. The van der Waals surface area contributed by atoms with Gasteiger partial charge in [0.15, 0.2) is 6.20 Å². The Bertz CT molecular complexity index is 707. The van der Waals surface area contributed by atoms with Crippen LogP contribution in [0.1, 0.15) is 51.6 Å². The summed E-state index contributed by atoms with van der Waals surface area (Å²) in [5, 5.41) is 5.54. The fourth-order valence-electron chi connectivity index (χ4n) is 3.59. The maximum Gasteiger partial charge on any atom is 0.500 e. The molecule has 0 radical (unpaired) electrons. The summed E-state index contributed by atoms with van der Waals surface area (Å²) in [5.41, 5.74) is 1.00. The summed E-state index contributed by atoms with van der Waals surface area (Å²) in [6.45, 7) is 4.97. The molecule has 0 aliphatic rings. The maximum atomic E-state index is 12.3. The largest absolute Gasteiger partial charge is 0.500 e. The number of nitrogens with zero attached hydrogens (tertiary/aromatic N) is 1. The molecule has 0 aliphatic heterocycles. The number of esters is 1. The van der Waals surface area contributed by atoms with Gasteiger partial charge in [-0.15, -0.1) is 0 Å². The maximum absolute atomic E-state index is 12.3. The van der Waals surface area contributed by atoms with E-state index < -0.39 is 26.8 Å². The van der Waals surface area contributed by atoms with Gasteiger partial charge in [0, 0.05) is 45.9 Å². The SMILES string of the molecule is COC(=O)[C@@H](NC(=O)NCc1cccc[n+]1CCCCCCC[Si](OC)(OC)OC)C(C)C. The molecule has 188 valence electrons. The van der Waals surface area contributed by atoms with Gasteiger partial charge in [-0.3, -0.25) is 0 Å². The van der Waals surface area contributed by atoms with Crippen molar-refractivity contribution in [3.63, 3.8) is 0 Å². The van der Waals surface area contributed by atoms with Crippen molar-refractivity contribution in [2.75, 3.05) is 28.4 Å². The first-order valence-corrected chi connectivity index (χ1v) is 13.5. The summed E-state index contributed by atoms with van der Waals surface area (Å²) in [6.07, 6.45) is 7.45. The lowest BCUT2D eigenvalue weighted by Crippen LogP contribution is -2.50. The zero-order valence-corrected chi connectivity index (χ0v) is 22.0. The Hall–Kier alpha value is -2.01. The second-order valence-electron chi connectivity index (χ2n) is 8.27. The number of carbonyl (C=O) groups excluding carboxylic acids is 2. The van der Waals surface area contributed by atoms with Crippen LogP contribution in [-0.2, 0) is 35.9 Å². The molecule has 1 heterocycles. The molecule has 0 fully saturated rings. The molecule has 0 aliphatic carbocycles. The average molecular weight is 485 g/mol. The predicted molar refractivity (Wildman–Crippen MR) is 127 cm³/mol. The van der Waals surface area contributed by atoms with Crippen molar-refractivity contribution in [3.05, 3.63) is 30.1 Å². The molecule has 0 saturated carbocycles. The third kappa shape index (κ3) is 10.2. The van der Waals surface area contributed by atoms with Crippen LogP contribution in [0.5, 0.6) is 0 Å². The second-order valence-corrected chi connectivity index (χ2v) is 11.4. The van der Waals surface area contributed by atoms with Gasteiger partial charge in [-0.1, -0.05) is 32.8 Å². The second kappa shape index (κ2) is 15.8. The third-order valence-corrected chi connectivity index (χ3v) is 8.52. The van der Waals surface area contributed by atoms with Crippen LogP contribution in [0, 0.1) is 5.92 Å². The number of aryl methyl sites for hydroxylation is 1. The van der Waals surface area contributed by atoms with Crippen molar-refractivity contribution < 1.29 is 32.2 Å². The first-order valence-electron chi connectivity index (χ1n) is 11.6. The van der Waals surface area contributed by atoms with Crippen LogP contribution in [0.2, 0.25) is 6.04 Å². The van der Waals surface area contributed by atoms with Crippen LogP contribution >= 0.6 is 0 Å². The number of rotatable bonds is 16. The lowest BCUT2D eigenvalue weighted by atomic mass is 10.1. The fraction of sp³-hybridized carbons (Fsp3) is 0.696. The van der Waals surface area contributed by atoms with Gasteiger partial charge in [-0.25, -0.2) is 14.2 Å². The van der Waals surface area contributed by atoms with Crippen molar-refractivity contribution in [1.29, 1.82) is 0 Å². The fourth-order valence-corrected chi connectivity index (χ4v) is 5.38. The molecule has 9 nitrogen and oxygen atoms in total. The monoisotopic (exact) mass is 484 g/mol. The van der Waals surface area contributed by atoms with Gasteiger partial charge in [0.2, 0.25) is 5.69 Å². The highest BCUT2D eigenvalue weighted by Crippen LogP contribution is 2.18. The smallest absolute Gasteiger partial charge is 0.467 e. The van der Waals surface area contributed by atoms with Crippen LogP contribution < -0.4 is 15.2 Å². The number of methoxy groups -OCH3 is 1. The van der Waals surface area contributed by atoms with Crippen LogP contribution in [-0.4, -0.2) is 55.3 Å². The van der Waals surface area contributed by atoms with E-state index in [0.717, 1.165) is 50.4 Å². The molecule has 1 rings (SSSR count). The van der Waals surface area contributed by atoms with Crippen molar-refractivity contribution in [2.24, 2.45) is 5.92 Å². The van der Waals surface area contributed by atoms with Crippen LogP contribution in [0.4, 0.5) is 4.79 Å². The first-order chi connectivity index (χ1) is 15.8. The highest BCUT2D eigenvalue weighted by Gasteiger charge is 2.36. The summed E-state index contributed by atoms with van der Waals surface area (Å²) in [7, 11) is 3.80. The Balaban J connectivity index is 2.41. The minimum absolute atomic E-state index is 0.0675. The van der Waals surface area contributed by atoms with Gasteiger partial charge < -0.3 is 28.6 Å². The molecule has 0 spiro atoms. The Labute approximate surface area is 199 Å². The van der Waals surface area contributed by atoms with Gasteiger partial charge in [0.25, 0.3) is 0 Å². The van der Waals surface area contributed by atoms with E-state index >= 15 is 0 Å². The average Bonchev–Trinajstić information content (AvgIpc) is 2.83. The Morgan fingerprint density at radius 3 is 2.21 bits per heavy atom. The third-order valence-electron chi connectivity index (χ3n) is 5.69. The predicted octanol–water partition coefficient (Wildman–Crippen LogP) is 2.80. The van der Waals surface area contributed by atoms with E-state index in [1.54, 1.807) is 21.3 Å². The summed E-state index contributed by atoms with van der Waals surface area (Å²) in [5.74, 6) is -0.517. The highest BCUT2D eigenvalue weighted by atomic mass is 28.4. The van der Waals surface area contributed by atoms with E-state index in [0.29, 0.717) is 6.54 Å². The number of carbonyl (C=O) groups is 2. The zero-order valence-electron chi connectivity index (χ0n) is 21.0. The lowest BCUT2D eigenvalue weighted by Gasteiger charge is -2.24. The molecule has 10 heteroatoms. The van der Waals surface area contributed by atoms with E-state index in [2.05, 4.69) is 15.2 Å². The summed E-state index contributed by atoms with van der Waals surface area (Å²) in [4.78, 5) is 24.1. The molecule has 0 unspecified atom stereocenters. The van der Waals surface area contributed by atoms with Crippen LogP contribution in [0.25, 0.3) is 0 Å². The minimum atomic E-state index is -2.46. The Kier molecular flexibility index (Phi) is 13.9.